The van der Waals surface area contributed by atoms with Crippen LogP contribution in [0.3, 0.4) is 0 Å². The highest BCUT2D eigenvalue weighted by Crippen LogP contribution is 2.39. The fourth-order valence-electron chi connectivity index (χ4n) is 4.01. The standard InChI is InChI=1S/C26H29ClN2O3/c1-2-16-29-17-15-28-25(29)9-6-14-26(22-10-12-23(27)13-11-22)31-20-24(32-26)19-30-18-21-7-4-3-5-8-21/h2-5,7-8,10-13,15,17,24H,1,6,9,14,16,18-20H2/t24-,26-/m0/s1. The van der Waals surface area contributed by atoms with Crippen LogP contribution in [0.5, 0.6) is 0 Å². The van der Waals surface area contributed by atoms with E-state index < -0.39 is 5.79 Å². The average Bonchev–Trinajstić information content (AvgIpc) is 3.43. The van der Waals surface area contributed by atoms with Crippen molar-refractivity contribution in [2.75, 3.05) is 13.2 Å². The van der Waals surface area contributed by atoms with Crippen LogP contribution in [0.15, 0.2) is 79.6 Å². The van der Waals surface area contributed by atoms with Crippen LogP contribution in [0, 0.1) is 0 Å². The second kappa shape index (κ2) is 10.9. The lowest BCUT2D eigenvalue weighted by Crippen LogP contribution is -2.29. The molecule has 0 radical (unpaired) electrons. The number of aromatic nitrogens is 2. The molecule has 2 heterocycles. The number of hydrogen-bond donors (Lipinski definition) is 0. The molecule has 5 nitrogen and oxygen atoms in total. The van der Waals surface area contributed by atoms with E-state index >= 15 is 0 Å². The molecule has 0 amide bonds. The molecule has 2 atom stereocenters. The van der Waals surface area contributed by atoms with Crippen molar-refractivity contribution in [3.8, 4) is 0 Å². The van der Waals surface area contributed by atoms with Gasteiger partial charge in [0.05, 0.1) is 19.8 Å². The minimum atomic E-state index is -0.804. The minimum absolute atomic E-state index is 0.128. The van der Waals surface area contributed by atoms with E-state index in [9.17, 15) is 0 Å². The van der Waals surface area contributed by atoms with Gasteiger partial charge in [-0.15, -0.1) is 6.58 Å². The Labute approximate surface area is 194 Å². The van der Waals surface area contributed by atoms with Crippen molar-refractivity contribution in [1.82, 2.24) is 9.55 Å². The molecular weight excluding hydrogens is 424 g/mol. The van der Waals surface area contributed by atoms with E-state index in [0.717, 1.165) is 36.3 Å². The van der Waals surface area contributed by atoms with Crippen LogP contribution in [0.4, 0.5) is 0 Å². The molecule has 4 rings (SSSR count). The first-order valence-corrected chi connectivity index (χ1v) is 11.4. The summed E-state index contributed by atoms with van der Waals surface area (Å²) < 4.78 is 20.8. The van der Waals surface area contributed by atoms with Crippen molar-refractivity contribution in [2.45, 2.75) is 44.3 Å². The lowest BCUT2D eigenvalue weighted by Gasteiger charge is -2.29. The molecule has 1 aromatic heterocycles. The zero-order chi connectivity index (χ0) is 22.2. The number of hydrogen-bond acceptors (Lipinski definition) is 4. The third kappa shape index (κ3) is 5.67. The Balaban J connectivity index is 1.39. The molecule has 1 aliphatic heterocycles. The Bertz CT molecular complexity index is 990. The maximum Gasteiger partial charge on any atom is 0.195 e. The molecule has 0 unspecified atom stereocenters. The number of imidazole rings is 1. The Morgan fingerprint density at radius 2 is 2.00 bits per heavy atom. The Morgan fingerprint density at radius 1 is 1.19 bits per heavy atom. The summed E-state index contributed by atoms with van der Waals surface area (Å²) in [7, 11) is 0. The number of benzene rings is 2. The third-order valence-corrected chi connectivity index (χ3v) is 5.84. The van der Waals surface area contributed by atoms with Crippen LogP contribution in [0.25, 0.3) is 0 Å². The summed E-state index contributed by atoms with van der Waals surface area (Å²) in [5, 5.41) is 0.691. The van der Waals surface area contributed by atoms with E-state index in [1.165, 1.54) is 0 Å². The molecule has 1 fully saturated rings. The van der Waals surface area contributed by atoms with Crippen LogP contribution < -0.4 is 0 Å². The number of allylic oxidation sites excluding steroid dienone is 1. The van der Waals surface area contributed by atoms with Gasteiger partial charge in [0.1, 0.15) is 11.9 Å². The average molecular weight is 453 g/mol. The Kier molecular flexibility index (Phi) is 7.76. The lowest BCUT2D eigenvalue weighted by molar-refractivity contribution is -0.187. The smallest absolute Gasteiger partial charge is 0.195 e. The van der Waals surface area contributed by atoms with Crippen LogP contribution in [0.1, 0.15) is 29.8 Å². The molecule has 1 saturated heterocycles. The lowest BCUT2D eigenvalue weighted by atomic mass is 9.99. The zero-order valence-corrected chi connectivity index (χ0v) is 18.9. The number of rotatable bonds is 11. The molecule has 2 aromatic carbocycles. The number of nitrogens with zero attached hydrogens (tertiary/aromatic N) is 2. The number of ether oxygens (including phenoxy) is 3. The van der Waals surface area contributed by atoms with Gasteiger partial charge in [-0.05, 0) is 24.1 Å². The van der Waals surface area contributed by atoms with E-state index in [2.05, 4.69) is 28.3 Å². The first kappa shape index (κ1) is 22.7. The van der Waals surface area contributed by atoms with Crippen molar-refractivity contribution in [3.05, 3.63) is 102 Å². The van der Waals surface area contributed by atoms with Gasteiger partial charge < -0.3 is 18.8 Å². The molecular formula is C26H29ClN2O3. The van der Waals surface area contributed by atoms with Gasteiger partial charge in [0.15, 0.2) is 5.79 Å². The molecule has 0 spiro atoms. The van der Waals surface area contributed by atoms with Gasteiger partial charge in [-0.3, -0.25) is 0 Å². The SMILES string of the molecule is C=CCn1ccnc1CCC[C@]1(c2ccc(Cl)cc2)OC[C@H](COCc2ccccc2)O1. The molecule has 0 aliphatic carbocycles. The van der Waals surface area contributed by atoms with E-state index in [-0.39, 0.29) is 6.10 Å². The summed E-state index contributed by atoms with van der Waals surface area (Å²) in [6.45, 7) is 6.10. The maximum absolute atomic E-state index is 6.48. The highest BCUT2D eigenvalue weighted by molar-refractivity contribution is 6.30. The van der Waals surface area contributed by atoms with Crippen molar-refractivity contribution in [3.63, 3.8) is 0 Å². The third-order valence-electron chi connectivity index (χ3n) is 5.59. The summed E-state index contributed by atoms with van der Waals surface area (Å²) in [6.07, 6.45) is 7.98. The monoisotopic (exact) mass is 452 g/mol. The Hall–Kier alpha value is -2.44. The van der Waals surface area contributed by atoms with E-state index in [1.807, 2.05) is 60.9 Å². The second-order valence-corrected chi connectivity index (χ2v) is 8.39. The molecule has 0 saturated carbocycles. The van der Waals surface area contributed by atoms with Crippen molar-refractivity contribution < 1.29 is 14.2 Å². The summed E-state index contributed by atoms with van der Waals surface area (Å²) in [5.41, 5.74) is 2.12. The highest BCUT2D eigenvalue weighted by Gasteiger charge is 2.42. The fourth-order valence-corrected chi connectivity index (χ4v) is 4.14. The molecule has 32 heavy (non-hydrogen) atoms. The van der Waals surface area contributed by atoms with Crippen molar-refractivity contribution >= 4 is 11.6 Å². The second-order valence-electron chi connectivity index (χ2n) is 7.95. The molecule has 168 valence electrons. The normalized spacial score (nSPS) is 20.5. The summed E-state index contributed by atoms with van der Waals surface area (Å²) in [6, 6.07) is 17.9. The van der Waals surface area contributed by atoms with Gasteiger partial charge in [-0.2, -0.15) is 0 Å². The zero-order valence-electron chi connectivity index (χ0n) is 18.2. The van der Waals surface area contributed by atoms with E-state index in [0.29, 0.717) is 31.3 Å². The minimum Gasteiger partial charge on any atom is -0.374 e. The number of halogens is 1. The summed E-state index contributed by atoms with van der Waals surface area (Å²) in [4.78, 5) is 4.49. The molecule has 3 aromatic rings. The van der Waals surface area contributed by atoms with E-state index in [4.69, 9.17) is 25.8 Å². The van der Waals surface area contributed by atoms with Gasteiger partial charge in [-0.1, -0.05) is 60.1 Å². The summed E-state index contributed by atoms with van der Waals surface area (Å²) >= 11 is 6.12. The molecule has 1 aliphatic rings. The van der Waals surface area contributed by atoms with Gasteiger partial charge in [-0.25, -0.2) is 4.98 Å². The van der Waals surface area contributed by atoms with Crippen LogP contribution >= 0.6 is 11.6 Å². The van der Waals surface area contributed by atoms with E-state index in [1.54, 1.807) is 0 Å². The maximum atomic E-state index is 6.48. The summed E-state index contributed by atoms with van der Waals surface area (Å²) in [5.74, 6) is 0.234. The van der Waals surface area contributed by atoms with Crippen LogP contribution in [-0.2, 0) is 39.6 Å². The van der Waals surface area contributed by atoms with Gasteiger partial charge in [0.25, 0.3) is 0 Å². The first-order valence-electron chi connectivity index (χ1n) is 11.0. The van der Waals surface area contributed by atoms with Crippen LogP contribution in [0.2, 0.25) is 5.02 Å². The van der Waals surface area contributed by atoms with Crippen molar-refractivity contribution in [1.29, 1.82) is 0 Å². The predicted octanol–water partition coefficient (Wildman–Crippen LogP) is 5.53. The number of aryl methyl sites for hydroxylation is 1. The highest BCUT2D eigenvalue weighted by atomic mass is 35.5. The fraction of sp³-hybridized carbons (Fsp3) is 0.346. The van der Waals surface area contributed by atoms with Gasteiger partial charge in [0, 0.05) is 42.4 Å². The molecule has 0 bridgehead atoms. The van der Waals surface area contributed by atoms with Gasteiger partial charge in [0.2, 0.25) is 0 Å². The predicted molar refractivity (Wildman–Crippen MR) is 125 cm³/mol. The Morgan fingerprint density at radius 3 is 2.78 bits per heavy atom. The quantitative estimate of drug-likeness (QED) is 0.359. The van der Waals surface area contributed by atoms with Gasteiger partial charge >= 0.3 is 0 Å². The molecule has 6 heteroatoms. The largest absolute Gasteiger partial charge is 0.374 e. The topological polar surface area (TPSA) is 45.5 Å². The first-order chi connectivity index (χ1) is 15.7. The van der Waals surface area contributed by atoms with Crippen LogP contribution in [-0.4, -0.2) is 28.9 Å². The molecule has 0 N–H and O–H groups in total. The van der Waals surface area contributed by atoms with Crippen molar-refractivity contribution in [2.24, 2.45) is 0 Å².